The summed E-state index contributed by atoms with van der Waals surface area (Å²) in [6.07, 6.45) is 2.24. The van der Waals surface area contributed by atoms with Crippen LogP contribution in [0.2, 0.25) is 0 Å². The largest absolute Gasteiger partial charge is 0.491 e. The van der Waals surface area contributed by atoms with E-state index in [1.165, 1.54) is 11.3 Å². The molecule has 3 heteroatoms. The molecular weight excluding hydrogens is 230 g/mol. The lowest BCUT2D eigenvalue weighted by Crippen LogP contribution is -1.99. The molecule has 0 heterocycles. The van der Waals surface area contributed by atoms with Crippen LogP contribution in [-0.4, -0.2) is 12.4 Å². The van der Waals surface area contributed by atoms with Gasteiger partial charge >= 0.3 is 0 Å². The number of rotatable bonds is 7. The van der Waals surface area contributed by atoms with Gasteiger partial charge in [0.15, 0.2) is 0 Å². The molecule has 96 valence electrons. The quantitative estimate of drug-likeness (QED) is 0.584. The molecule has 2 N–H and O–H groups in total. The molecule has 2 nitrogen and oxygen atoms in total. The number of ether oxygens (including phenoxy) is 1. The van der Waals surface area contributed by atoms with Crippen LogP contribution in [0.3, 0.4) is 0 Å². The van der Waals surface area contributed by atoms with Crippen molar-refractivity contribution in [2.45, 2.75) is 38.5 Å². The normalized spacial score (nSPS) is 10.8. The van der Waals surface area contributed by atoms with Gasteiger partial charge in [-0.3, -0.25) is 0 Å². The lowest BCUT2D eigenvalue weighted by atomic mass is 10.2. The van der Waals surface area contributed by atoms with Crippen LogP contribution in [0, 0.1) is 5.92 Å². The van der Waals surface area contributed by atoms with Crippen molar-refractivity contribution < 1.29 is 4.74 Å². The van der Waals surface area contributed by atoms with Crippen LogP contribution in [0.15, 0.2) is 23.1 Å². The second-order valence-corrected chi connectivity index (χ2v) is 5.75. The second-order valence-electron chi connectivity index (χ2n) is 4.58. The van der Waals surface area contributed by atoms with E-state index in [1.807, 2.05) is 17.8 Å². The van der Waals surface area contributed by atoms with E-state index in [1.54, 1.807) is 0 Å². The molecule has 0 radical (unpaired) electrons. The summed E-state index contributed by atoms with van der Waals surface area (Å²) in [6.45, 7) is 7.32. The van der Waals surface area contributed by atoms with Gasteiger partial charge < -0.3 is 10.5 Å². The van der Waals surface area contributed by atoms with Crippen LogP contribution in [0.25, 0.3) is 0 Å². The van der Waals surface area contributed by atoms with Gasteiger partial charge in [0.05, 0.1) is 12.3 Å². The van der Waals surface area contributed by atoms with Crippen LogP contribution in [0.4, 0.5) is 5.69 Å². The lowest BCUT2D eigenvalue weighted by Gasteiger charge is -2.10. The highest BCUT2D eigenvalue weighted by atomic mass is 32.2. The van der Waals surface area contributed by atoms with Gasteiger partial charge in [0.2, 0.25) is 0 Å². The van der Waals surface area contributed by atoms with Gasteiger partial charge in [-0.25, -0.2) is 0 Å². The summed E-state index contributed by atoms with van der Waals surface area (Å²) < 4.78 is 5.62. The van der Waals surface area contributed by atoms with Crippen LogP contribution >= 0.6 is 11.8 Å². The van der Waals surface area contributed by atoms with Crippen LogP contribution in [-0.2, 0) is 0 Å². The summed E-state index contributed by atoms with van der Waals surface area (Å²) in [4.78, 5) is 1.24. The molecule has 1 aromatic carbocycles. The smallest absolute Gasteiger partial charge is 0.143 e. The topological polar surface area (TPSA) is 35.2 Å². The average Bonchev–Trinajstić information content (AvgIpc) is 2.29. The maximum absolute atomic E-state index is 5.87. The first-order valence-corrected chi connectivity index (χ1v) is 7.27. The van der Waals surface area contributed by atoms with E-state index in [0.717, 1.165) is 36.1 Å². The second kappa shape index (κ2) is 7.49. The van der Waals surface area contributed by atoms with E-state index in [2.05, 4.69) is 32.9 Å². The van der Waals surface area contributed by atoms with Gasteiger partial charge in [0.25, 0.3) is 0 Å². The Kier molecular flexibility index (Phi) is 6.27. The minimum Gasteiger partial charge on any atom is -0.491 e. The number of benzene rings is 1. The Hall–Kier alpha value is -0.830. The predicted molar refractivity (Wildman–Crippen MR) is 76.8 cm³/mol. The molecule has 1 rings (SSSR count). The first-order chi connectivity index (χ1) is 8.13. The molecule has 0 saturated heterocycles. The molecule has 0 bridgehead atoms. The highest BCUT2D eigenvalue weighted by Gasteiger charge is 2.03. The van der Waals surface area contributed by atoms with Crippen molar-refractivity contribution in [3.63, 3.8) is 0 Å². The van der Waals surface area contributed by atoms with E-state index in [-0.39, 0.29) is 0 Å². The first-order valence-electron chi connectivity index (χ1n) is 6.28. The monoisotopic (exact) mass is 253 g/mol. The van der Waals surface area contributed by atoms with Crippen LogP contribution in [0.1, 0.15) is 33.6 Å². The minimum absolute atomic E-state index is 0.727. The molecule has 0 aliphatic rings. The third-order valence-corrected chi connectivity index (χ3v) is 3.44. The molecule has 0 amide bonds. The predicted octanol–water partition coefficient (Wildman–Crippen LogP) is 4.20. The zero-order valence-corrected chi connectivity index (χ0v) is 11.8. The summed E-state index contributed by atoms with van der Waals surface area (Å²) in [7, 11) is 0. The summed E-state index contributed by atoms with van der Waals surface area (Å²) in [5.41, 5.74) is 6.60. The molecule has 0 unspecified atom stereocenters. The van der Waals surface area contributed by atoms with Gasteiger partial charge in [-0.2, -0.15) is 0 Å². The van der Waals surface area contributed by atoms with Gasteiger partial charge in [0.1, 0.15) is 5.75 Å². The summed E-state index contributed by atoms with van der Waals surface area (Å²) >= 11 is 1.87. The van der Waals surface area contributed by atoms with Gasteiger partial charge in [-0.05, 0) is 42.7 Å². The van der Waals surface area contributed by atoms with Crippen molar-refractivity contribution in [1.82, 2.24) is 0 Å². The fraction of sp³-hybridized carbons (Fsp3) is 0.571. The average molecular weight is 253 g/mol. The number of nitrogen functional groups attached to an aromatic ring is 1. The SMILES string of the molecule is CCCOc1cc(SCCC(C)C)ccc1N. The summed E-state index contributed by atoms with van der Waals surface area (Å²) in [5, 5.41) is 0. The molecule has 0 aliphatic heterocycles. The molecule has 0 spiro atoms. The first kappa shape index (κ1) is 14.2. The molecule has 0 atom stereocenters. The fourth-order valence-electron chi connectivity index (χ4n) is 1.35. The fourth-order valence-corrected chi connectivity index (χ4v) is 2.53. The van der Waals surface area contributed by atoms with Crippen molar-refractivity contribution in [3.05, 3.63) is 18.2 Å². The maximum atomic E-state index is 5.87. The third-order valence-electron chi connectivity index (χ3n) is 2.41. The van der Waals surface area contributed by atoms with Crippen LogP contribution in [0.5, 0.6) is 5.75 Å². The number of anilines is 1. The molecule has 0 saturated carbocycles. The minimum atomic E-state index is 0.727. The third kappa shape index (κ3) is 5.35. The van der Waals surface area contributed by atoms with Gasteiger partial charge in [-0.15, -0.1) is 11.8 Å². The summed E-state index contributed by atoms with van der Waals surface area (Å²) in [5.74, 6) is 2.72. The molecule has 0 aromatic heterocycles. The van der Waals surface area contributed by atoms with Gasteiger partial charge in [-0.1, -0.05) is 20.8 Å². The number of hydrogen-bond donors (Lipinski definition) is 1. The lowest BCUT2D eigenvalue weighted by molar-refractivity contribution is 0.318. The number of nitrogens with two attached hydrogens (primary N) is 1. The van der Waals surface area contributed by atoms with Gasteiger partial charge in [0, 0.05) is 4.90 Å². The number of hydrogen-bond acceptors (Lipinski definition) is 3. The highest BCUT2D eigenvalue weighted by molar-refractivity contribution is 7.99. The van der Waals surface area contributed by atoms with E-state index in [9.17, 15) is 0 Å². The van der Waals surface area contributed by atoms with E-state index >= 15 is 0 Å². The maximum Gasteiger partial charge on any atom is 0.143 e. The van der Waals surface area contributed by atoms with Crippen molar-refractivity contribution in [1.29, 1.82) is 0 Å². The molecule has 17 heavy (non-hydrogen) atoms. The summed E-state index contributed by atoms with van der Waals surface area (Å²) in [6, 6.07) is 6.05. The zero-order chi connectivity index (χ0) is 12.7. The molecule has 1 aromatic rings. The van der Waals surface area contributed by atoms with Crippen LogP contribution < -0.4 is 10.5 Å². The number of thioether (sulfide) groups is 1. The molecule has 0 aliphatic carbocycles. The van der Waals surface area contributed by atoms with Crippen molar-refractivity contribution in [2.24, 2.45) is 5.92 Å². The Morgan fingerprint density at radius 2 is 2.12 bits per heavy atom. The zero-order valence-electron chi connectivity index (χ0n) is 11.0. The van der Waals surface area contributed by atoms with E-state index < -0.39 is 0 Å². The van der Waals surface area contributed by atoms with Crippen molar-refractivity contribution >= 4 is 17.4 Å². The Morgan fingerprint density at radius 3 is 2.76 bits per heavy atom. The van der Waals surface area contributed by atoms with E-state index in [4.69, 9.17) is 10.5 Å². The van der Waals surface area contributed by atoms with E-state index in [0.29, 0.717) is 0 Å². The van der Waals surface area contributed by atoms with Crippen molar-refractivity contribution in [3.8, 4) is 5.75 Å². The Morgan fingerprint density at radius 1 is 1.35 bits per heavy atom. The Labute approximate surface area is 109 Å². The standard InChI is InChI=1S/C14H23NOS/c1-4-8-16-14-10-12(5-6-13(14)15)17-9-7-11(2)3/h5-6,10-11H,4,7-9,15H2,1-3H3. The molecule has 0 fully saturated rings. The Bertz CT molecular complexity index is 339. The van der Waals surface area contributed by atoms with Crippen molar-refractivity contribution in [2.75, 3.05) is 18.1 Å². The Balaban J connectivity index is 2.55. The highest BCUT2D eigenvalue weighted by Crippen LogP contribution is 2.29. The molecular formula is C14H23NOS.